The van der Waals surface area contributed by atoms with Crippen molar-refractivity contribution in [1.82, 2.24) is 23.1 Å². The van der Waals surface area contributed by atoms with Crippen molar-refractivity contribution in [1.29, 1.82) is 0 Å². The van der Waals surface area contributed by atoms with Crippen molar-refractivity contribution in [2.45, 2.75) is 32.9 Å². The molecule has 0 aliphatic carbocycles. The summed E-state index contributed by atoms with van der Waals surface area (Å²) in [6.45, 7) is 4.44. The fourth-order valence-corrected chi connectivity index (χ4v) is 4.47. The predicted molar refractivity (Wildman–Crippen MR) is 125 cm³/mol. The highest BCUT2D eigenvalue weighted by atomic mass is 16.2. The highest BCUT2D eigenvalue weighted by molar-refractivity contribution is 5.75. The molecule has 0 fully saturated rings. The minimum atomic E-state index is -0.349. The van der Waals surface area contributed by atoms with Gasteiger partial charge in [0.1, 0.15) is 0 Å². The van der Waals surface area contributed by atoms with Crippen LogP contribution in [0.25, 0.3) is 16.9 Å². The van der Waals surface area contributed by atoms with Crippen LogP contribution in [-0.2, 0) is 20.0 Å². The van der Waals surface area contributed by atoms with Gasteiger partial charge in [0.05, 0.1) is 6.04 Å². The van der Waals surface area contributed by atoms with Crippen molar-refractivity contribution in [3.05, 3.63) is 105 Å². The van der Waals surface area contributed by atoms with Crippen molar-refractivity contribution in [2.75, 3.05) is 0 Å². The monoisotopic (exact) mass is 427 g/mol. The van der Waals surface area contributed by atoms with E-state index in [1.807, 2.05) is 66.1 Å². The molecule has 2 aromatic carbocycles. The first-order chi connectivity index (χ1) is 15.5. The Bertz CT molecular complexity index is 1540. The lowest BCUT2D eigenvalue weighted by Crippen LogP contribution is -2.39. The molecule has 0 amide bonds. The Morgan fingerprint density at radius 3 is 2.31 bits per heavy atom. The van der Waals surface area contributed by atoms with Crippen LogP contribution in [0, 0.1) is 6.92 Å². The van der Waals surface area contributed by atoms with Gasteiger partial charge in [0.25, 0.3) is 5.56 Å². The number of rotatable bonds is 5. The summed E-state index contributed by atoms with van der Waals surface area (Å²) < 4.78 is 6.72. The van der Waals surface area contributed by atoms with E-state index in [0.717, 1.165) is 16.8 Å². The second kappa shape index (κ2) is 7.67. The van der Waals surface area contributed by atoms with E-state index < -0.39 is 0 Å². The van der Waals surface area contributed by atoms with Crippen molar-refractivity contribution in [2.24, 2.45) is 7.05 Å². The maximum Gasteiger partial charge on any atom is 0.332 e. The van der Waals surface area contributed by atoms with Gasteiger partial charge in [-0.15, -0.1) is 0 Å². The summed E-state index contributed by atoms with van der Waals surface area (Å²) in [5, 5.41) is 0. The molecule has 162 valence electrons. The molecule has 7 nitrogen and oxygen atoms in total. The van der Waals surface area contributed by atoms with Gasteiger partial charge in [0.15, 0.2) is 11.2 Å². The highest BCUT2D eigenvalue weighted by Crippen LogP contribution is 2.25. The zero-order chi connectivity index (χ0) is 22.4. The van der Waals surface area contributed by atoms with Crippen LogP contribution in [0.2, 0.25) is 0 Å². The third kappa shape index (κ3) is 3.09. The number of hydrogen-bond donors (Lipinski definition) is 0. The maximum absolute atomic E-state index is 13.4. The van der Waals surface area contributed by atoms with Crippen LogP contribution in [0.4, 0.5) is 0 Å². The lowest BCUT2D eigenvalue weighted by Gasteiger charge is -2.16. The van der Waals surface area contributed by atoms with Gasteiger partial charge >= 0.3 is 5.69 Å². The summed E-state index contributed by atoms with van der Waals surface area (Å²) in [5.41, 5.74) is 3.40. The van der Waals surface area contributed by atoms with Gasteiger partial charge in [-0.2, -0.15) is 4.98 Å². The standard InChI is InChI=1S/C25H25N5O2/c1-17-16-29-21-22(26-24(29)30(17)18(2)20-12-8-5-9-13-20)27(3)25(32)28(23(21)31)15-14-19-10-6-4-7-11-19/h4-13,16,18H,14-15H2,1-3H3/t18-/m0/s1. The molecule has 7 heteroatoms. The molecule has 32 heavy (non-hydrogen) atoms. The Labute approximate surface area is 184 Å². The van der Waals surface area contributed by atoms with Gasteiger partial charge in [-0.25, -0.2) is 4.79 Å². The van der Waals surface area contributed by atoms with Gasteiger partial charge in [0, 0.05) is 25.5 Å². The van der Waals surface area contributed by atoms with Crippen LogP contribution in [0.3, 0.4) is 0 Å². The molecule has 5 rings (SSSR count). The minimum Gasteiger partial charge on any atom is -0.307 e. The lowest BCUT2D eigenvalue weighted by molar-refractivity contribution is 0.602. The third-order valence-electron chi connectivity index (χ3n) is 6.20. The molecule has 0 unspecified atom stereocenters. The molecule has 0 bridgehead atoms. The van der Waals surface area contributed by atoms with Crippen molar-refractivity contribution >= 4 is 16.9 Å². The molecule has 3 heterocycles. The third-order valence-corrected chi connectivity index (χ3v) is 6.20. The quantitative estimate of drug-likeness (QED) is 0.432. The molecule has 0 saturated heterocycles. The van der Waals surface area contributed by atoms with Gasteiger partial charge < -0.3 is 4.57 Å². The van der Waals surface area contributed by atoms with Gasteiger partial charge in [0.2, 0.25) is 5.78 Å². The number of nitrogens with zero attached hydrogens (tertiary/aromatic N) is 5. The van der Waals surface area contributed by atoms with E-state index in [2.05, 4.69) is 23.6 Å². The molecule has 1 atom stereocenters. The van der Waals surface area contributed by atoms with Crippen LogP contribution in [0.15, 0.2) is 76.4 Å². The first kappa shape index (κ1) is 20.1. The van der Waals surface area contributed by atoms with Crippen LogP contribution in [0.5, 0.6) is 0 Å². The Morgan fingerprint density at radius 2 is 1.62 bits per heavy atom. The van der Waals surface area contributed by atoms with Gasteiger partial charge in [-0.1, -0.05) is 60.7 Å². The zero-order valence-corrected chi connectivity index (χ0v) is 18.4. The Hall–Kier alpha value is -3.87. The van der Waals surface area contributed by atoms with Crippen molar-refractivity contribution < 1.29 is 0 Å². The predicted octanol–water partition coefficient (Wildman–Crippen LogP) is 3.31. The van der Waals surface area contributed by atoms with Gasteiger partial charge in [-0.3, -0.25) is 18.3 Å². The van der Waals surface area contributed by atoms with E-state index in [-0.39, 0.29) is 17.3 Å². The Morgan fingerprint density at radius 1 is 0.969 bits per heavy atom. The molecular formula is C25H25N5O2. The van der Waals surface area contributed by atoms with E-state index in [1.54, 1.807) is 7.05 Å². The topological polar surface area (TPSA) is 66.2 Å². The Balaban J connectivity index is 1.68. The molecule has 0 aliphatic rings. The molecule has 0 N–H and O–H groups in total. The number of aromatic nitrogens is 5. The molecular weight excluding hydrogens is 402 g/mol. The number of hydrogen-bond acceptors (Lipinski definition) is 3. The average Bonchev–Trinajstić information content (AvgIpc) is 3.33. The van der Waals surface area contributed by atoms with E-state index in [9.17, 15) is 9.59 Å². The molecule has 0 aliphatic heterocycles. The molecule has 0 spiro atoms. The summed E-state index contributed by atoms with van der Waals surface area (Å²) in [6.07, 6.45) is 2.53. The van der Waals surface area contributed by atoms with Crippen LogP contribution >= 0.6 is 0 Å². The normalized spacial score (nSPS) is 12.6. The first-order valence-electron chi connectivity index (χ1n) is 10.8. The Kier molecular flexibility index (Phi) is 4.81. The molecule has 5 aromatic rings. The summed E-state index contributed by atoms with van der Waals surface area (Å²) >= 11 is 0. The van der Waals surface area contributed by atoms with E-state index in [1.165, 1.54) is 9.13 Å². The van der Waals surface area contributed by atoms with Crippen LogP contribution < -0.4 is 11.2 Å². The van der Waals surface area contributed by atoms with E-state index >= 15 is 0 Å². The van der Waals surface area contributed by atoms with Crippen molar-refractivity contribution in [3.63, 3.8) is 0 Å². The second-order valence-corrected chi connectivity index (χ2v) is 8.22. The average molecular weight is 428 g/mol. The lowest BCUT2D eigenvalue weighted by atomic mass is 10.1. The number of fused-ring (bicyclic) bond motifs is 3. The van der Waals surface area contributed by atoms with Crippen molar-refractivity contribution in [3.8, 4) is 0 Å². The van der Waals surface area contributed by atoms with Crippen LogP contribution in [-0.4, -0.2) is 23.1 Å². The fourth-order valence-electron chi connectivity index (χ4n) is 4.47. The summed E-state index contributed by atoms with van der Waals surface area (Å²) in [4.78, 5) is 31.2. The zero-order valence-electron chi connectivity index (χ0n) is 18.4. The minimum absolute atomic E-state index is 0.0304. The smallest absolute Gasteiger partial charge is 0.307 e. The number of benzene rings is 2. The highest BCUT2D eigenvalue weighted by Gasteiger charge is 2.22. The fraction of sp³-hybridized carbons (Fsp3) is 0.240. The van der Waals surface area contributed by atoms with Gasteiger partial charge in [-0.05, 0) is 31.4 Å². The summed E-state index contributed by atoms with van der Waals surface area (Å²) in [5.74, 6) is 0.654. The largest absolute Gasteiger partial charge is 0.332 e. The second-order valence-electron chi connectivity index (χ2n) is 8.22. The summed E-state index contributed by atoms with van der Waals surface area (Å²) in [6, 6.07) is 20.1. The molecule has 3 aromatic heterocycles. The summed E-state index contributed by atoms with van der Waals surface area (Å²) in [7, 11) is 1.67. The number of aryl methyl sites for hydroxylation is 3. The maximum atomic E-state index is 13.4. The van der Waals surface area contributed by atoms with Crippen LogP contribution in [0.1, 0.15) is 29.8 Å². The molecule has 0 saturated carbocycles. The molecule has 0 radical (unpaired) electrons. The van der Waals surface area contributed by atoms with E-state index in [4.69, 9.17) is 4.98 Å². The SMILES string of the molecule is Cc1cn2c3c(=O)n(CCc4ccccc4)c(=O)n(C)c3nc2n1[C@@H](C)c1ccccc1. The first-order valence-corrected chi connectivity index (χ1v) is 10.8. The number of imidazole rings is 2. The van der Waals surface area contributed by atoms with E-state index in [0.29, 0.717) is 29.9 Å².